The van der Waals surface area contributed by atoms with Crippen LogP contribution in [0.4, 0.5) is 0 Å². The van der Waals surface area contributed by atoms with Gasteiger partial charge in [0.05, 0.1) is 17.8 Å². The van der Waals surface area contributed by atoms with Crippen molar-refractivity contribution in [3.05, 3.63) is 59.1 Å². The molecule has 0 saturated heterocycles. The first-order chi connectivity index (χ1) is 9.01. The second kappa shape index (κ2) is 5.63. The fourth-order valence-corrected chi connectivity index (χ4v) is 3.18. The average Bonchev–Trinajstić information content (AvgIpc) is 2.41. The van der Waals surface area contributed by atoms with E-state index in [-0.39, 0.29) is 10.6 Å². The summed E-state index contributed by atoms with van der Waals surface area (Å²) in [5.41, 5.74) is 0.701. The van der Waals surface area contributed by atoms with Crippen LogP contribution in [0.5, 0.6) is 5.75 Å². The van der Waals surface area contributed by atoms with Gasteiger partial charge in [0.25, 0.3) is 0 Å². The Kier molecular flexibility index (Phi) is 4.12. The van der Waals surface area contributed by atoms with E-state index in [1.54, 1.807) is 42.5 Å². The monoisotopic (exact) mass is 296 g/mol. The quantitative estimate of drug-likeness (QED) is 0.869. The predicted octanol–water partition coefficient (Wildman–Crippen LogP) is 3.32. The summed E-state index contributed by atoms with van der Waals surface area (Å²) in [5, 5.41) is 0.586. The van der Waals surface area contributed by atoms with E-state index >= 15 is 0 Å². The zero-order valence-corrected chi connectivity index (χ0v) is 11.9. The van der Waals surface area contributed by atoms with Crippen LogP contribution in [0.2, 0.25) is 5.02 Å². The van der Waals surface area contributed by atoms with Gasteiger partial charge in [-0.05, 0) is 35.9 Å². The van der Waals surface area contributed by atoms with E-state index in [2.05, 4.69) is 0 Å². The molecule has 0 unspecified atom stereocenters. The van der Waals surface area contributed by atoms with Gasteiger partial charge in [0.2, 0.25) is 0 Å². The van der Waals surface area contributed by atoms with E-state index < -0.39 is 9.84 Å². The highest BCUT2D eigenvalue weighted by molar-refractivity contribution is 7.90. The van der Waals surface area contributed by atoms with Crippen molar-refractivity contribution in [3.63, 3.8) is 0 Å². The highest BCUT2D eigenvalue weighted by atomic mass is 35.5. The van der Waals surface area contributed by atoms with Crippen LogP contribution in [0.1, 0.15) is 5.56 Å². The van der Waals surface area contributed by atoms with Gasteiger partial charge in [-0.25, -0.2) is 8.42 Å². The van der Waals surface area contributed by atoms with E-state index in [1.807, 2.05) is 0 Å². The number of halogens is 1. The third-order valence-corrected chi connectivity index (χ3v) is 4.61. The SMILES string of the molecule is COc1cccc(S(=O)(=O)Cc2ccc(Cl)cc2)c1. The number of hydrogen-bond acceptors (Lipinski definition) is 3. The molecule has 0 aliphatic heterocycles. The Bertz CT molecular complexity index is 663. The number of methoxy groups -OCH3 is 1. The first kappa shape index (κ1) is 13.9. The van der Waals surface area contributed by atoms with Gasteiger partial charge in [-0.3, -0.25) is 0 Å². The molecule has 0 bridgehead atoms. The van der Waals surface area contributed by atoms with Gasteiger partial charge in [-0.1, -0.05) is 29.8 Å². The normalized spacial score (nSPS) is 11.3. The van der Waals surface area contributed by atoms with Gasteiger partial charge in [-0.15, -0.1) is 0 Å². The van der Waals surface area contributed by atoms with Crippen LogP contribution in [0.3, 0.4) is 0 Å². The summed E-state index contributed by atoms with van der Waals surface area (Å²) >= 11 is 5.77. The summed E-state index contributed by atoms with van der Waals surface area (Å²) in [6.07, 6.45) is 0. The Morgan fingerprint density at radius 1 is 1.11 bits per heavy atom. The zero-order chi connectivity index (χ0) is 13.9. The van der Waals surface area contributed by atoms with Crippen LogP contribution in [-0.4, -0.2) is 15.5 Å². The molecule has 0 atom stereocenters. The predicted molar refractivity (Wildman–Crippen MR) is 75.3 cm³/mol. The number of sulfone groups is 1. The van der Waals surface area contributed by atoms with Crippen LogP contribution in [-0.2, 0) is 15.6 Å². The standard InChI is InChI=1S/C14H13ClO3S/c1-18-13-3-2-4-14(9-13)19(16,17)10-11-5-7-12(15)8-6-11/h2-9H,10H2,1H3. The van der Waals surface area contributed by atoms with Crippen molar-refractivity contribution < 1.29 is 13.2 Å². The summed E-state index contributed by atoms with van der Waals surface area (Å²) in [5.74, 6) is 0.467. The van der Waals surface area contributed by atoms with Crippen molar-refractivity contribution in [2.24, 2.45) is 0 Å². The van der Waals surface area contributed by atoms with Crippen molar-refractivity contribution in [2.75, 3.05) is 7.11 Å². The summed E-state index contributed by atoms with van der Waals surface area (Å²) in [6, 6.07) is 13.2. The maximum Gasteiger partial charge on any atom is 0.182 e. The average molecular weight is 297 g/mol. The minimum absolute atomic E-state index is 0.0582. The Morgan fingerprint density at radius 3 is 2.42 bits per heavy atom. The molecule has 0 heterocycles. The Labute approximate surface area is 117 Å². The van der Waals surface area contributed by atoms with Crippen molar-refractivity contribution >= 4 is 21.4 Å². The lowest BCUT2D eigenvalue weighted by molar-refractivity contribution is 0.413. The van der Waals surface area contributed by atoms with Crippen LogP contribution in [0.15, 0.2) is 53.4 Å². The molecule has 0 radical (unpaired) electrons. The molecule has 100 valence electrons. The first-order valence-electron chi connectivity index (χ1n) is 5.62. The van der Waals surface area contributed by atoms with E-state index in [4.69, 9.17) is 16.3 Å². The summed E-state index contributed by atoms with van der Waals surface area (Å²) < 4.78 is 29.6. The van der Waals surface area contributed by atoms with E-state index in [0.717, 1.165) is 0 Å². The van der Waals surface area contributed by atoms with Gasteiger partial charge < -0.3 is 4.74 Å². The largest absolute Gasteiger partial charge is 0.497 e. The minimum atomic E-state index is -3.38. The molecule has 0 fully saturated rings. The van der Waals surface area contributed by atoms with Crippen LogP contribution in [0, 0.1) is 0 Å². The Balaban J connectivity index is 2.29. The van der Waals surface area contributed by atoms with Crippen molar-refractivity contribution in [3.8, 4) is 5.75 Å². The van der Waals surface area contributed by atoms with Crippen molar-refractivity contribution in [1.29, 1.82) is 0 Å². The third kappa shape index (κ3) is 3.49. The molecule has 2 rings (SSSR count). The lowest BCUT2D eigenvalue weighted by Gasteiger charge is -2.06. The second-order valence-corrected chi connectivity index (χ2v) is 6.49. The van der Waals surface area contributed by atoms with Gasteiger partial charge in [-0.2, -0.15) is 0 Å². The molecule has 2 aromatic rings. The molecule has 0 saturated carbocycles. The Morgan fingerprint density at radius 2 is 1.79 bits per heavy atom. The first-order valence-corrected chi connectivity index (χ1v) is 7.65. The number of rotatable bonds is 4. The molecule has 0 amide bonds. The minimum Gasteiger partial charge on any atom is -0.497 e. The van der Waals surface area contributed by atoms with Gasteiger partial charge >= 0.3 is 0 Å². The summed E-state index contributed by atoms with van der Waals surface area (Å²) in [6.45, 7) is 0. The molecule has 0 aliphatic carbocycles. The third-order valence-electron chi connectivity index (χ3n) is 2.67. The molecular formula is C14H13ClO3S. The molecule has 2 aromatic carbocycles. The molecule has 0 spiro atoms. The van der Waals surface area contributed by atoms with E-state index in [0.29, 0.717) is 16.3 Å². The van der Waals surface area contributed by atoms with Crippen LogP contribution in [0.25, 0.3) is 0 Å². The number of benzene rings is 2. The lowest BCUT2D eigenvalue weighted by atomic mass is 10.2. The molecule has 0 N–H and O–H groups in total. The molecule has 3 nitrogen and oxygen atoms in total. The summed E-state index contributed by atoms with van der Waals surface area (Å²) in [4.78, 5) is 0.252. The van der Waals surface area contributed by atoms with E-state index in [9.17, 15) is 8.42 Å². The molecule has 19 heavy (non-hydrogen) atoms. The van der Waals surface area contributed by atoms with Crippen LogP contribution >= 0.6 is 11.6 Å². The Hall–Kier alpha value is -1.52. The van der Waals surface area contributed by atoms with Gasteiger partial charge in [0, 0.05) is 5.02 Å². The topological polar surface area (TPSA) is 43.4 Å². The number of hydrogen-bond donors (Lipinski definition) is 0. The lowest BCUT2D eigenvalue weighted by Crippen LogP contribution is -2.05. The van der Waals surface area contributed by atoms with Crippen molar-refractivity contribution in [1.82, 2.24) is 0 Å². The fourth-order valence-electron chi connectivity index (χ4n) is 1.68. The molecule has 0 aliphatic rings. The number of ether oxygens (including phenoxy) is 1. The van der Waals surface area contributed by atoms with Crippen LogP contribution < -0.4 is 4.74 Å². The van der Waals surface area contributed by atoms with Gasteiger partial charge in [0.1, 0.15) is 5.75 Å². The van der Waals surface area contributed by atoms with E-state index in [1.165, 1.54) is 13.2 Å². The van der Waals surface area contributed by atoms with Gasteiger partial charge in [0.15, 0.2) is 9.84 Å². The summed E-state index contributed by atoms with van der Waals surface area (Å²) in [7, 11) is -1.88. The fraction of sp³-hybridized carbons (Fsp3) is 0.143. The molecular weight excluding hydrogens is 284 g/mol. The maximum absolute atomic E-state index is 12.3. The highest BCUT2D eigenvalue weighted by Gasteiger charge is 2.15. The molecule has 5 heteroatoms. The highest BCUT2D eigenvalue weighted by Crippen LogP contribution is 2.21. The van der Waals surface area contributed by atoms with Crippen molar-refractivity contribution in [2.45, 2.75) is 10.6 Å². The zero-order valence-electron chi connectivity index (χ0n) is 10.3. The second-order valence-electron chi connectivity index (χ2n) is 4.06. The maximum atomic E-state index is 12.3. The molecule has 0 aromatic heterocycles. The smallest absolute Gasteiger partial charge is 0.182 e.